The van der Waals surface area contributed by atoms with E-state index in [1.807, 2.05) is 18.2 Å². The number of para-hydroxylation sites is 1. The molecule has 0 spiro atoms. The predicted octanol–water partition coefficient (Wildman–Crippen LogP) is 2.04. The topological polar surface area (TPSA) is 43.7 Å². The largest absolute Gasteiger partial charge is 0.396 e. The van der Waals surface area contributed by atoms with Crippen LogP contribution in [0.4, 0.5) is 5.69 Å². The minimum Gasteiger partial charge on any atom is -0.396 e. The molecule has 0 amide bonds. The van der Waals surface area contributed by atoms with Crippen LogP contribution in [0.1, 0.15) is 18.4 Å². The van der Waals surface area contributed by atoms with Crippen LogP contribution >= 0.6 is 11.6 Å². The number of benzene rings is 1. The number of piperidine rings is 1. The first-order valence-electron chi connectivity index (χ1n) is 6.00. The Hall–Kier alpha value is -0.770. The van der Waals surface area contributed by atoms with E-state index >= 15 is 0 Å². The number of rotatable bonds is 3. The van der Waals surface area contributed by atoms with Gasteiger partial charge in [-0.15, -0.1) is 0 Å². The molecular weight excluding hydrogens is 238 g/mol. The van der Waals surface area contributed by atoms with Gasteiger partial charge in [-0.25, -0.2) is 0 Å². The maximum absolute atomic E-state index is 9.35. The molecule has 1 aliphatic rings. The fourth-order valence-corrected chi connectivity index (χ4v) is 2.69. The van der Waals surface area contributed by atoms with E-state index in [1.54, 1.807) is 0 Å². The molecule has 0 atom stereocenters. The van der Waals surface area contributed by atoms with Crippen LogP contribution in [0.15, 0.2) is 18.2 Å². The summed E-state index contributed by atoms with van der Waals surface area (Å²) in [5.41, 5.74) is 1.83. The van der Waals surface area contributed by atoms with Crippen molar-refractivity contribution in [3.05, 3.63) is 28.8 Å². The van der Waals surface area contributed by atoms with Crippen LogP contribution in [0.5, 0.6) is 0 Å². The summed E-state index contributed by atoms with van der Waals surface area (Å²) in [6, 6.07) is 5.62. The van der Waals surface area contributed by atoms with Crippen LogP contribution in [-0.4, -0.2) is 29.9 Å². The van der Waals surface area contributed by atoms with E-state index in [9.17, 15) is 5.11 Å². The monoisotopic (exact) mass is 255 g/mol. The molecule has 94 valence electrons. The second kappa shape index (κ2) is 5.71. The number of aliphatic hydroxyl groups excluding tert-OH is 2. The quantitative estimate of drug-likeness (QED) is 0.869. The summed E-state index contributed by atoms with van der Waals surface area (Å²) < 4.78 is 0. The van der Waals surface area contributed by atoms with Crippen molar-refractivity contribution < 1.29 is 10.2 Å². The Morgan fingerprint density at radius 2 is 1.94 bits per heavy atom. The van der Waals surface area contributed by atoms with Crippen molar-refractivity contribution in [1.82, 2.24) is 0 Å². The fraction of sp³-hybridized carbons (Fsp3) is 0.538. The Balaban J connectivity index is 2.17. The lowest BCUT2D eigenvalue weighted by Crippen LogP contribution is -2.35. The summed E-state index contributed by atoms with van der Waals surface area (Å²) in [7, 11) is 0. The zero-order chi connectivity index (χ0) is 12.3. The van der Waals surface area contributed by atoms with E-state index in [1.165, 1.54) is 0 Å². The Bertz CT molecular complexity index is 376. The normalized spacial score (nSPS) is 17.5. The van der Waals surface area contributed by atoms with Gasteiger partial charge < -0.3 is 15.1 Å². The molecule has 3 nitrogen and oxygen atoms in total. The molecule has 0 bridgehead atoms. The highest BCUT2D eigenvalue weighted by Gasteiger charge is 2.21. The van der Waals surface area contributed by atoms with Gasteiger partial charge in [0.15, 0.2) is 0 Å². The fourth-order valence-electron chi connectivity index (χ4n) is 2.38. The average molecular weight is 256 g/mol. The van der Waals surface area contributed by atoms with Gasteiger partial charge in [0.25, 0.3) is 0 Å². The zero-order valence-corrected chi connectivity index (χ0v) is 10.5. The first kappa shape index (κ1) is 12.7. The van der Waals surface area contributed by atoms with E-state index in [0.717, 1.165) is 37.2 Å². The molecular formula is C13H18ClNO2. The lowest BCUT2D eigenvalue weighted by atomic mass is 9.97. The number of hydrogen-bond donors (Lipinski definition) is 2. The van der Waals surface area contributed by atoms with Crippen LogP contribution < -0.4 is 4.90 Å². The molecule has 0 unspecified atom stereocenters. The van der Waals surface area contributed by atoms with Gasteiger partial charge in [0.05, 0.1) is 17.3 Å². The third-order valence-electron chi connectivity index (χ3n) is 3.43. The van der Waals surface area contributed by atoms with Crippen molar-refractivity contribution in [3.63, 3.8) is 0 Å². The van der Waals surface area contributed by atoms with Crippen LogP contribution in [0.2, 0.25) is 5.02 Å². The van der Waals surface area contributed by atoms with Crippen molar-refractivity contribution in [1.29, 1.82) is 0 Å². The van der Waals surface area contributed by atoms with Crippen LogP contribution in [0.3, 0.4) is 0 Å². The molecule has 1 aliphatic heterocycles. The van der Waals surface area contributed by atoms with E-state index in [-0.39, 0.29) is 13.2 Å². The van der Waals surface area contributed by atoms with Gasteiger partial charge in [-0.2, -0.15) is 0 Å². The van der Waals surface area contributed by atoms with Gasteiger partial charge >= 0.3 is 0 Å². The summed E-state index contributed by atoms with van der Waals surface area (Å²) in [6.07, 6.45) is 1.96. The summed E-state index contributed by atoms with van der Waals surface area (Å²) >= 11 is 6.21. The highest BCUT2D eigenvalue weighted by atomic mass is 35.5. The van der Waals surface area contributed by atoms with E-state index < -0.39 is 0 Å². The minimum absolute atomic E-state index is 0.00974. The van der Waals surface area contributed by atoms with Crippen molar-refractivity contribution in [2.75, 3.05) is 24.6 Å². The summed E-state index contributed by atoms with van der Waals surface area (Å²) in [6.45, 7) is 2.06. The summed E-state index contributed by atoms with van der Waals surface area (Å²) in [5.74, 6) is 0.409. The van der Waals surface area contributed by atoms with Gasteiger partial charge in [-0.3, -0.25) is 0 Å². The lowest BCUT2D eigenvalue weighted by Gasteiger charge is -2.34. The van der Waals surface area contributed by atoms with Crippen molar-refractivity contribution >= 4 is 17.3 Å². The second-order valence-corrected chi connectivity index (χ2v) is 4.93. The molecule has 4 heteroatoms. The summed E-state index contributed by atoms with van der Waals surface area (Å²) in [4.78, 5) is 2.21. The van der Waals surface area contributed by atoms with Gasteiger partial charge in [0.1, 0.15) is 0 Å². The number of anilines is 1. The Morgan fingerprint density at radius 1 is 1.24 bits per heavy atom. The van der Waals surface area contributed by atoms with Crippen molar-refractivity contribution in [3.8, 4) is 0 Å². The number of nitrogens with zero attached hydrogens (tertiary/aromatic N) is 1. The molecule has 0 aliphatic carbocycles. The Morgan fingerprint density at radius 3 is 2.53 bits per heavy atom. The van der Waals surface area contributed by atoms with Crippen molar-refractivity contribution in [2.24, 2.45) is 5.92 Å². The first-order valence-corrected chi connectivity index (χ1v) is 6.38. The molecule has 1 aromatic rings. The SMILES string of the molecule is OCc1cccc(Cl)c1N1CCC(CO)CC1. The third-order valence-corrected chi connectivity index (χ3v) is 3.73. The average Bonchev–Trinajstić information content (AvgIpc) is 2.38. The highest BCUT2D eigenvalue weighted by Crippen LogP contribution is 2.32. The smallest absolute Gasteiger partial charge is 0.0702 e. The lowest BCUT2D eigenvalue weighted by molar-refractivity contribution is 0.202. The molecule has 1 saturated heterocycles. The molecule has 17 heavy (non-hydrogen) atoms. The maximum atomic E-state index is 9.35. The Kier molecular flexibility index (Phi) is 4.26. The predicted molar refractivity (Wildman–Crippen MR) is 69.4 cm³/mol. The highest BCUT2D eigenvalue weighted by molar-refractivity contribution is 6.33. The molecule has 2 rings (SSSR count). The van der Waals surface area contributed by atoms with Gasteiger partial charge in [0.2, 0.25) is 0 Å². The molecule has 1 heterocycles. The van der Waals surface area contributed by atoms with Crippen LogP contribution in [0.25, 0.3) is 0 Å². The number of hydrogen-bond acceptors (Lipinski definition) is 3. The molecule has 1 aromatic carbocycles. The van der Waals surface area contributed by atoms with Gasteiger partial charge in [-0.05, 0) is 24.8 Å². The molecule has 0 radical (unpaired) electrons. The molecule has 0 saturated carbocycles. The van der Waals surface area contributed by atoms with Gasteiger partial charge in [-0.1, -0.05) is 23.7 Å². The third kappa shape index (κ3) is 2.73. The molecule has 2 N–H and O–H groups in total. The molecule has 0 aromatic heterocycles. The van der Waals surface area contributed by atoms with E-state index in [4.69, 9.17) is 16.7 Å². The maximum Gasteiger partial charge on any atom is 0.0702 e. The Labute approximate surface area is 107 Å². The van der Waals surface area contributed by atoms with Gasteiger partial charge in [0, 0.05) is 25.3 Å². The zero-order valence-electron chi connectivity index (χ0n) is 9.77. The number of aliphatic hydroxyl groups is 2. The van der Waals surface area contributed by atoms with E-state index in [0.29, 0.717) is 10.9 Å². The second-order valence-electron chi connectivity index (χ2n) is 4.52. The minimum atomic E-state index is 0.00974. The van der Waals surface area contributed by atoms with Crippen LogP contribution in [0, 0.1) is 5.92 Å². The number of halogens is 1. The standard InChI is InChI=1S/C13H18ClNO2/c14-12-3-1-2-11(9-17)13(12)15-6-4-10(8-16)5-7-15/h1-3,10,16-17H,4-9H2. The summed E-state index contributed by atoms with van der Waals surface area (Å²) in [5, 5.41) is 19.2. The van der Waals surface area contributed by atoms with E-state index in [2.05, 4.69) is 4.90 Å². The first-order chi connectivity index (χ1) is 8.26. The van der Waals surface area contributed by atoms with Crippen LogP contribution in [-0.2, 0) is 6.61 Å². The molecule has 1 fully saturated rings. The van der Waals surface area contributed by atoms with Crippen molar-refractivity contribution in [2.45, 2.75) is 19.4 Å².